The molecule has 0 heterocycles. The van der Waals surface area contributed by atoms with Crippen molar-refractivity contribution in [2.75, 3.05) is 6.61 Å². The average Bonchev–Trinajstić information content (AvgIpc) is 3.36. The van der Waals surface area contributed by atoms with Gasteiger partial charge < -0.3 is 24.1 Å². The summed E-state index contributed by atoms with van der Waals surface area (Å²) in [6.07, 6.45) is -2.19. The van der Waals surface area contributed by atoms with Gasteiger partial charge in [0.05, 0.1) is 45.7 Å². The van der Waals surface area contributed by atoms with Crippen LogP contribution in [0.3, 0.4) is 0 Å². The lowest BCUT2D eigenvalue weighted by Crippen LogP contribution is -2.59. The van der Waals surface area contributed by atoms with E-state index in [-0.39, 0.29) is 19.8 Å². The lowest BCUT2D eigenvalue weighted by atomic mass is 9.96. The van der Waals surface area contributed by atoms with Crippen molar-refractivity contribution in [3.05, 3.63) is 179 Å². The van der Waals surface area contributed by atoms with Crippen LogP contribution in [0.1, 0.15) is 27.8 Å². The van der Waals surface area contributed by atoms with Gasteiger partial charge in [-0.2, -0.15) is 5.48 Å². The van der Waals surface area contributed by atoms with E-state index in [2.05, 4.69) is 5.48 Å². The summed E-state index contributed by atoms with van der Waals surface area (Å²) in [6.45, 7) is 1.43. The molecule has 7 heteroatoms. The Hall–Kier alpha value is -4.18. The SMILES string of the molecule is O[C@]1(COCc2ccccc2)[C@H](NOCc2ccccc2)[C@@H](OCc2ccccc2)[C@@H](OCc2ccccc2)[C@@H]1OCc1ccccc1. The Kier molecular flexibility index (Phi) is 12.1. The first-order valence-corrected chi connectivity index (χ1v) is 16.4. The van der Waals surface area contributed by atoms with Gasteiger partial charge in [0.25, 0.3) is 0 Å². The Bertz CT molecular complexity index is 1610. The van der Waals surface area contributed by atoms with E-state index in [9.17, 15) is 5.11 Å². The highest BCUT2D eigenvalue weighted by atomic mass is 16.7. The molecule has 5 aromatic rings. The molecular weight excluding hydrogens is 602 g/mol. The predicted octanol–water partition coefficient (Wildman–Crippen LogP) is 6.79. The molecule has 0 aromatic heterocycles. The minimum atomic E-state index is -1.61. The molecular formula is C41H43NO6. The van der Waals surface area contributed by atoms with E-state index in [4.69, 9.17) is 23.8 Å². The zero-order chi connectivity index (χ0) is 32.9. The van der Waals surface area contributed by atoms with E-state index in [0.29, 0.717) is 19.8 Å². The number of nitrogens with one attached hydrogen (secondary N) is 1. The zero-order valence-electron chi connectivity index (χ0n) is 27.0. The van der Waals surface area contributed by atoms with Crippen LogP contribution in [-0.4, -0.2) is 41.7 Å². The molecule has 5 aromatic carbocycles. The van der Waals surface area contributed by atoms with Crippen LogP contribution < -0.4 is 5.48 Å². The number of aliphatic hydroxyl groups is 1. The number of hydroxylamine groups is 1. The molecule has 0 saturated heterocycles. The van der Waals surface area contributed by atoms with Gasteiger partial charge in [-0.05, 0) is 27.8 Å². The quantitative estimate of drug-likeness (QED) is 0.108. The summed E-state index contributed by atoms with van der Waals surface area (Å²) in [5, 5.41) is 12.8. The third-order valence-electron chi connectivity index (χ3n) is 8.56. The normalized spacial score (nSPS) is 22.1. The maximum absolute atomic E-state index is 12.8. The van der Waals surface area contributed by atoms with Crippen molar-refractivity contribution in [3.8, 4) is 0 Å². The first kappa shape index (κ1) is 33.7. The van der Waals surface area contributed by atoms with Crippen LogP contribution in [0.2, 0.25) is 0 Å². The Balaban J connectivity index is 1.32. The maximum atomic E-state index is 12.8. The molecule has 1 fully saturated rings. The van der Waals surface area contributed by atoms with Crippen molar-refractivity contribution in [3.63, 3.8) is 0 Å². The molecule has 48 heavy (non-hydrogen) atoms. The first-order chi connectivity index (χ1) is 23.7. The van der Waals surface area contributed by atoms with Gasteiger partial charge in [-0.1, -0.05) is 152 Å². The molecule has 5 atom stereocenters. The molecule has 1 aliphatic rings. The molecule has 0 aliphatic heterocycles. The second-order valence-electron chi connectivity index (χ2n) is 12.1. The minimum Gasteiger partial charge on any atom is -0.383 e. The van der Waals surface area contributed by atoms with Crippen molar-refractivity contribution in [1.29, 1.82) is 0 Å². The van der Waals surface area contributed by atoms with E-state index < -0.39 is 30.0 Å². The molecule has 1 aliphatic carbocycles. The summed E-state index contributed by atoms with van der Waals surface area (Å²) < 4.78 is 26.3. The first-order valence-electron chi connectivity index (χ1n) is 16.4. The summed E-state index contributed by atoms with van der Waals surface area (Å²) >= 11 is 0. The van der Waals surface area contributed by atoms with E-state index in [1.54, 1.807) is 0 Å². The van der Waals surface area contributed by atoms with Gasteiger partial charge in [-0.3, -0.25) is 4.84 Å². The fourth-order valence-electron chi connectivity index (χ4n) is 6.05. The Morgan fingerprint density at radius 1 is 0.458 bits per heavy atom. The predicted molar refractivity (Wildman–Crippen MR) is 184 cm³/mol. The van der Waals surface area contributed by atoms with Gasteiger partial charge in [0.15, 0.2) is 0 Å². The number of hydrogen-bond donors (Lipinski definition) is 2. The highest BCUT2D eigenvalue weighted by molar-refractivity contribution is 5.20. The third kappa shape index (κ3) is 9.04. The molecule has 7 nitrogen and oxygen atoms in total. The van der Waals surface area contributed by atoms with Gasteiger partial charge in [-0.25, -0.2) is 0 Å². The van der Waals surface area contributed by atoms with Gasteiger partial charge in [0, 0.05) is 0 Å². The largest absolute Gasteiger partial charge is 0.383 e. The van der Waals surface area contributed by atoms with Crippen LogP contribution in [-0.2, 0) is 56.8 Å². The smallest absolute Gasteiger partial charge is 0.137 e. The molecule has 0 unspecified atom stereocenters. The van der Waals surface area contributed by atoms with Gasteiger partial charge in [0.1, 0.15) is 23.9 Å². The second kappa shape index (κ2) is 17.3. The molecule has 0 radical (unpaired) electrons. The van der Waals surface area contributed by atoms with Gasteiger partial charge in [-0.15, -0.1) is 0 Å². The van der Waals surface area contributed by atoms with E-state index >= 15 is 0 Å². The highest BCUT2D eigenvalue weighted by Gasteiger charge is 2.63. The van der Waals surface area contributed by atoms with Crippen molar-refractivity contribution in [1.82, 2.24) is 5.48 Å². The van der Waals surface area contributed by atoms with Gasteiger partial charge >= 0.3 is 0 Å². The van der Waals surface area contributed by atoms with Crippen LogP contribution in [0.5, 0.6) is 0 Å². The monoisotopic (exact) mass is 645 g/mol. The lowest BCUT2D eigenvalue weighted by molar-refractivity contribution is -0.182. The molecule has 1 saturated carbocycles. The molecule has 6 rings (SSSR count). The number of ether oxygens (including phenoxy) is 4. The van der Waals surface area contributed by atoms with Crippen LogP contribution >= 0.6 is 0 Å². The standard InChI is InChI=1S/C41H43NO6/c43-41(31-44-26-32-16-6-1-7-17-32)39(42-48-30-36-24-14-5-15-25-36)37(45-27-33-18-8-2-9-19-33)38(46-28-34-20-10-3-11-21-34)40(41)47-29-35-22-12-4-13-23-35/h1-25,37-40,42-43H,26-31H2/t37-,38+,39+,40-,41+/m0/s1. The second-order valence-corrected chi connectivity index (χ2v) is 12.1. The summed E-state index contributed by atoms with van der Waals surface area (Å²) in [5.41, 5.74) is 6.56. The zero-order valence-corrected chi connectivity index (χ0v) is 27.0. The highest BCUT2D eigenvalue weighted by Crippen LogP contribution is 2.39. The van der Waals surface area contributed by atoms with Crippen molar-refractivity contribution >= 4 is 0 Å². The van der Waals surface area contributed by atoms with Crippen molar-refractivity contribution in [2.45, 2.75) is 63.0 Å². The van der Waals surface area contributed by atoms with Crippen molar-refractivity contribution in [2.24, 2.45) is 0 Å². The maximum Gasteiger partial charge on any atom is 0.137 e. The van der Waals surface area contributed by atoms with Crippen LogP contribution in [0.25, 0.3) is 0 Å². The fraction of sp³-hybridized carbons (Fsp3) is 0.268. The van der Waals surface area contributed by atoms with E-state index in [1.165, 1.54) is 0 Å². The summed E-state index contributed by atoms with van der Waals surface area (Å²) in [6, 6.07) is 48.9. The Morgan fingerprint density at radius 3 is 1.29 bits per heavy atom. The van der Waals surface area contributed by atoms with E-state index in [1.807, 2.05) is 152 Å². The summed E-state index contributed by atoms with van der Waals surface area (Å²) in [7, 11) is 0. The molecule has 248 valence electrons. The number of benzene rings is 5. The summed E-state index contributed by atoms with van der Waals surface area (Å²) in [5.74, 6) is 0. The topological polar surface area (TPSA) is 78.4 Å². The third-order valence-corrected chi connectivity index (χ3v) is 8.56. The number of hydrogen-bond acceptors (Lipinski definition) is 7. The van der Waals surface area contributed by atoms with Crippen LogP contribution in [0, 0.1) is 0 Å². The number of rotatable bonds is 17. The minimum absolute atomic E-state index is 0.0515. The van der Waals surface area contributed by atoms with Crippen molar-refractivity contribution < 1.29 is 28.9 Å². The van der Waals surface area contributed by atoms with E-state index in [0.717, 1.165) is 27.8 Å². The molecule has 0 bridgehead atoms. The fourth-order valence-corrected chi connectivity index (χ4v) is 6.05. The van der Waals surface area contributed by atoms with Gasteiger partial charge in [0.2, 0.25) is 0 Å². The van der Waals surface area contributed by atoms with Crippen LogP contribution in [0.15, 0.2) is 152 Å². The Morgan fingerprint density at radius 2 is 0.833 bits per heavy atom. The molecule has 0 spiro atoms. The molecule has 0 amide bonds. The Labute approximate surface area is 283 Å². The summed E-state index contributed by atoms with van der Waals surface area (Å²) in [4.78, 5) is 6.11. The van der Waals surface area contributed by atoms with Crippen LogP contribution in [0.4, 0.5) is 0 Å². The average molecular weight is 646 g/mol. The molecule has 2 N–H and O–H groups in total. The lowest BCUT2D eigenvalue weighted by Gasteiger charge is -2.35.